The highest BCUT2D eigenvalue weighted by molar-refractivity contribution is 5.73. The molecule has 0 unspecified atom stereocenters. The van der Waals surface area contributed by atoms with Gasteiger partial charge in [-0.2, -0.15) is 0 Å². The summed E-state index contributed by atoms with van der Waals surface area (Å²) >= 11 is 0. The third-order valence-corrected chi connectivity index (χ3v) is 2.41. The highest BCUT2D eigenvalue weighted by Crippen LogP contribution is 2.06. The number of carbonyl (C=O) groups excluding carboxylic acids is 1. The summed E-state index contributed by atoms with van der Waals surface area (Å²) in [5.41, 5.74) is 2.49. The molecule has 0 heterocycles. The van der Waals surface area contributed by atoms with E-state index in [-0.39, 0.29) is 6.03 Å². The summed E-state index contributed by atoms with van der Waals surface area (Å²) in [5.74, 6) is 0. The number of urea groups is 1. The van der Waals surface area contributed by atoms with Crippen LogP contribution in [0.2, 0.25) is 0 Å². The van der Waals surface area contributed by atoms with E-state index in [1.54, 1.807) is 14.1 Å². The van der Waals surface area contributed by atoms with Crippen molar-refractivity contribution in [2.24, 2.45) is 0 Å². The standard InChI is InChI=1S/C13H20N2O/c1-4-5-11-6-8-12(9-7-11)10-14-13(16)15(2)3/h6-9H,4-5,10H2,1-3H3,(H,14,16). The van der Waals surface area contributed by atoms with Crippen molar-refractivity contribution in [2.75, 3.05) is 14.1 Å². The van der Waals surface area contributed by atoms with Gasteiger partial charge in [-0.1, -0.05) is 37.6 Å². The Morgan fingerprint density at radius 1 is 1.19 bits per heavy atom. The predicted octanol–water partition coefficient (Wildman–Crippen LogP) is 2.41. The maximum atomic E-state index is 11.3. The molecular weight excluding hydrogens is 200 g/mol. The van der Waals surface area contributed by atoms with Crippen molar-refractivity contribution in [2.45, 2.75) is 26.3 Å². The number of rotatable bonds is 4. The summed E-state index contributed by atoms with van der Waals surface area (Å²) in [7, 11) is 3.47. The van der Waals surface area contributed by atoms with Crippen LogP contribution >= 0.6 is 0 Å². The van der Waals surface area contributed by atoms with Gasteiger partial charge in [-0.25, -0.2) is 4.79 Å². The van der Waals surface area contributed by atoms with Crippen LogP contribution in [0.15, 0.2) is 24.3 Å². The first-order valence-corrected chi connectivity index (χ1v) is 5.66. The molecule has 3 heteroatoms. The molecule has 2 amide bonds. The third kappa shape index (κ3) is 3.93. The monoisotopic (exact) mass is 220 g/mol. The van der Waals surface area contributed by atoms with E-state index in [0.717, 1.165) is 18.4 Å². The van der Waals surface area contributed by atoms with Gasteiger partial charge in [0.1, 0.15) is 0 Å². The zero-order valence-corrected chi connectivity index (χ0v) is 10.3. The lowest BCUT2D eigenvalue weighted by Crippen LogP contribution is -2.33. The third-order valence-electron chi connectivity index (χ3n) is 2.41. The van der Waals surface area contributed by atoms with Crippen molar-refractivity contribution in [1.82, 2.24) is 10.2 Å². The second-order valence-corrected chi connectivity index (χ2v) is 4.12. The van der Waals surface area contributed by atoms with Gasteiger partial charge in [0.15, 0.2) is 0 Å². The Morgan fingerprint density at radius 3 is 2.25 bits per heavy atom. The van der Waals surface area contributed by atoms with Crippen LogP contribution in [0.25, 0.3) is 0 Å². The molecule has 0 bridgehead atoms. The summed E-state index contributed by atoms with van der Waals surface area (Å²) in [6.45, 7) is 2.76. The van der Waals surface area contributed by atoms with E-state index < -0.39 is 0 Å². The summed E-state index contributed by atoms with van der Waals surface area (Å²) in [6, 6.07) is 8.33. The minimum absolute atomic E-state index is 0.0577. The van der Waals surface area contributed by atoms with E-state index in [4.69, 9.17) is 0 Å². The van der Waals surface area contributed by atoms with Crippen LogP contribution in [0.1, 0.15) is 24.5 Å². The zero-order chi connectivity index (χ0) is 12.0. The van der Waals surface area contributed by atoms with E-state index in [1.807, 2.05) is 0 Å². The average molecular weight is 220 g/mol. The predicted molar refractivity (Wildman–Crippen MR) is 66.4 cm³/mol. The maximum absolute atomic E-state index is 11.3. The fraction of sp³-hybridized carbons (Fsp3) is 0.462. The fourth-order valence-corrected chi connectivity index (χ4v) is 1.45. The summed E-state index contributed by atoms with van der Waals surface area (Å²) < 4.78 is 0. The number of nitrogens with zero attached hydrogens (tertiary/aromatic N) is 1. The Kier molecular flexibility index (Phi) is 4.83. The lowest BCUT2D eigenvalue weighted by molar-refractivity contribution is 0.217. The van der Waals surface area contributed by atoms with Crippen LogP contribution in [0.4, 0.5) is 4.79 Å². The number of carbonyl (C=O) groups is 1. The van der Waals surface area contributed by atoms with Crippen molar-refractivity contribution >= 4 is 6.03 Å². The molecule has 1 aromatic rings. The van der Waals surface area contributed by atoms with Crippen LogP contribution in [0.3, 0.4) is 0 Å². The normalized spacial score (nSPS) is 9.94. The van der Waals surface area contributed by atoms with E-state index in [1.165, 1.54) is 10.5 Å². The SMILES string of the molecule is CCCc1ccc(CNC(=O)N(C)C)cc1. The first kappa shape index (κ1) is 12.6. The number of hydrogen-bond acceptors (Lipinski definition) is 1. The van der Waals surface area contributed by atoms with Gasteiger partial charge >= 0.3 is 6.03 Å². The molecule has 88 valence electrons. The molecule has 0 aromatic heterocycles. The molecule has 0 aliphatic heterocycles. The van der Waals surface area contributed by atoms with Gasteiger partial charge in [-0.05, 0) is 17.5 Å². The van der Waals surface area contributed by atoms with Crippen LogP contribution in [0, 0.1) is 0 Å². The molecule has 0 aliphatic rings. The molecule has 0 saturated carbocycles. The van der Waals surface area contributed by atoms with Gasteiger partial charge in [0, 0.05) is 20.6 Å². The van der Waals surface area contributed by atoms with Gasteiger partial charge in [-0.3, -0.25) is 0 Å². The largest absolute Gasteiger partial charge is 0.334 e. The average Bonchev–Trinajstić information content (AvgIpc) is 2.28. The molecule has 0 fully saturated rings. The first-order chi connectivity index (χ1) is 7.63. The molecule has 0 spiro atoms. The minimum atomic E-state index is -0.0577. The fourth-order valence-electron chi connectivity index (χ4n) is 1.45. The first-order valence-electron chi connectivity index (χ1n) is 5.66. The Balaban J connectivity index is 2.46. The second-order valence-electron chi connectivity index (χ2n) is 4.12. The molecule has 1 N–H and O–H groups in total. The van der Waals surface area contributed by atoms with E-state index in [0.29, 0.717) is 6.54 Å². The Morgan fingerprint density at radius 2 is 1.75 bits per heavy atom. The summed E-state index contributed by atoms with van der Waals surface area (Å²) in [4.78, 5) is 12.8. The van der Waals surface area contributed by atoms with Crippen LogP contribution < -0.4 is 5.32 Å². The van der Waals surface area contributed by atoms with Crippen molar-refractivity contribution in [3.05, 3.63) is 35.4 Å². The summed E-state index contributed by atoms with van der Waals surface area (Å²) in [5, 5.41) is 2.84. The molecule has 0 radical (unpaired) electrons. The topological polar surface area (TPSA) is 32.3 Å². The Hall–Kier alpha value is -1.51. The second kappa shape index (κ2) is 6.16. The number of hydrogen-bond donors (Lipinski definition) is 1. The Labute approximate surface area is 97.5 Å². The molecule has 16 heavy (non-hydrogen) atoms. The van der Waals surface area contributed by atoms with Gasteiger partial charge in [0.05, 0.1) is 0 Å². The van der Waals surface area contributed by atoms with Crippen molar-refractivity contribution in [1.29, 1.82) is 0 Å². The molecule has 0 atom stereocenters. The molecule has 3 nitrogen and oxygen atoms in total. The molecular formula is C13H20N2O. The van der Waals surface area contributed by atoms with Gasteiger partial charge in [0.2, 0.25) is 0 Å². The molecule has 1 rings (SSSR count). The number of amides is 2. The van der Waals surface area contributed by atoms with Crippen LogP contribution in [-0.4, -0.2) is 25.0 Å². The quantitative estimate of drug-likeness (QED) is 0.830. The van der Waals surface area contributed by atoms with E-state index in [2.05, 4.69) is 36.5 Å². The Bertz CT molecular complexity index is 330. The highest BCUT2D eigenvalue weighted by Gasteiger charge is 2.01. The smallest absolute Gasteiger partial charge is 0.317 e. The van der Waals surface area contributed by atoms with Crippen LogP contribution in [-0.2, 0) is 13.0 Å². The lowest BCUT2D eigenvalue weighted by Gasteiger charge is -2.12. The number of nitrogens with one attached hydrogen (secondary N) is 1. The minimum Gasteiger partial charge on any atom is -0.334 e. The zero-order valence-electron chi connectivity index (χ0n) is 10.3. The molecule has 0 saturated heterocycles. The molecule has 0 aliphatic carbocycles. The van der Waals surface area contributed by atoms with Crippen LogP contribution in [0.5, 0.6) is 0 Å². The number of aryl methyl sites for hydroxylation is 1. The van der Waals surface area contributed by atoms with E-state index >= 15 is 0 Å². The lowest BCUT2D eigenvalue weighted by atomic mass is 10.1. The number of benzene rings is 1. The highest BCUT2D eigenvalue weighted by atomic mass is 16.2. The maximum Gasteiger partial charge on any atom is 0.317 e. The van der Waals surface area contributed by atoms with Crippen molar-refractivity contribution < 1.29 is 4.79 Å². The van der Waals surface area contributed by atoms with Gasteiger partial charge in [0.25, 0.3) is 0 Å². The summed E-state index contributed by atoms with van der Waals surface area (Å²) in [6.07, 6.45) is 2.28. The van der Waals surface area contributed by atoms with Gasteiger partial charge < -0.3 is 10.2 Å². The van der Waals surface area contributed by atoms with E-state index in [9.17, 15) is 4.79 Å². The van der Waals surface area contributed by atoms with Gasteiger partial charge in [-0.15, -0.1) is 0 Å². The van der Waals surface area contributed by atoms with Crippen molar-refractivity contribution in [3.63, 3.8) is 0 Å². The molecule has 1 aromatic carbocycles. The van der Waals surface area contributed by atoms with Crippen molar-refractivity contribution in [3.8, 4) is 0 Å².